The lowest BCUT2D eigenvalue weighted by molar-refractivity contribution is 0.0473. The third-order valence-electron chi connectivity index (χ3n) is 4.28. The van der Waals surface area contributed by atoms with Gasteiger partial charge in [0, 0.05) is 5.02 Å². The zero-order valence-corrected chi connectivity index (χ0v) is 14.4. The van der Waals surface area contributed by atoms with E-state index in [1.54, 1.807) is 0 Å². The number of benzene rings is 1. The smallest absolute Gasteiger partial charge is 0.339 e. The molecular weight excluding hydrogens is 331 g/mol. The summed E-state index contributed by atoms with van der Waals surface area (Å²) in [5.74, 6) is 1.61. The van der Waals surface area contributed by atoms with Crippen LogP contribution < -0.4 is 0 Å². The minimum atomic E-state index is -0.476. The Morgan fingerprint density at radius 2 is 1.95 bits per heavy atom. The number of carbonyl (C=O) groups excluding carboxylic acids is 1. The maximum Gasteiger partial charge on any atom is 0.339 e. The van der Waals surface area contributed by atoms with Crippen LogP contribution in [0.4, 0.5) is 0 Å². The first-order chi connectivity index (χ1) is 9.90. The van der Waals surface area contributed by atoms with Crippen molar-refractivity contribution >= 4 is 40.8 Å². The van der Waals surface area contributed by atoms with Gasteiger partial charge in [-0.1, -0.05) is 48.7 Å². The fourth-order valence-corrected chi connectivity index (χ4v) is 3.15. The highest BCUT2D eigenvalue weighted by Crippen LogP contribution is 2.41. The lowest BCUT2D eigenvalue weighted by Gasteiger charge is -2.19. The first kappa shape index (κ1) is 16.9. The van der Waals surface area contributed by atoms with Gasteiger partial charge in [0.1, 0.15) is 0 Å². The third-order valence-corrected chi connectivity index (χ3v) is 5.30. The Labute approximate surface area is 140 Å². The summed E-state index contributed by atoms with van der Waals surface area (Å²) in [6.45, 7) is 4.87. The highest BCUT2D eigenvalue weighted by Gasteiger charge is 2.31. The maximum atomic E-state index is 12.0. The molecule has 0 aliphatic heterocycles. The van der Waals surface area contributed by atoms with Crippen LogP contribution in [0.5, 0.6) is 0 Å². The van der Waals surface area contributed by atoms with Gasteiger partial charge in [-0.3, -0.25) is 0 Å². The number of esters is 1. The van der Waals surface area contributed by atoms with E-state index in [9.17, 15) is 4.79 Å². The van der Waals surface area contributed by atoms with E-state index in [-0.39, 0.29) is 15.6 Å². The number of ether oxygens (including phenoxy) is 1. The van der Waals surface area contributed by atoms with Gasteiger partial charge in [0.05, 0.1) is 22.2 Å². The van der Waals surface area contributed by atoms with Crippen LogP contribution in [0, 0.1) is 17.8 Å². The molecule has 21 heavy (non-hydrogen) atoms. The van der Waals surface area contributed by atoms with Crippen LogP contribution in [0.2, 0.25) is 15.1 Å². The van der Waals surface area contributed by atoms with Gasteiger partial charge in [0.15, 0.2) is 0 Å². The zero-order chi connectivity index (χ0) is 15.6. The summed E-state index contributed by atoms with van der Waals surface area (Å²) in [4.78, 5) is 12.0. The van der Waals surface area contributed by atoms with Crippen molar-refractivity contribution in [3.63, 3.8) is 0 Å². The highest BCUT2D eigenvalue weighted by atomic mass is 35.5. The number of hydrogen-bond acceptors (Lipinski definition) is 2. The van der Waals surface area contributed by atoms with E-state index in [4.69, 9.17) is 39.5 Å². The van der Waals surface area contributed by atoms with Gasteiger partial charge >= 0.3 is 5.97 Å². The molecule has 2 unspecified atom stereocenters. The van der Waals surface area contributed by atoms with E-state index in [0.29, 0.717) is 23.5 Å². The number of carbonyl (C=O) groups is 1. The van der Waals surface area contributed by atoms with Crippen molar-refractivity contribution in [1.82, 2.24) is 0 Å². The molecule has 1 fully saturated rings. The van der Waals surface area contributed by atoms with Crippen molar-refractivity contribution < 1.29 is 9.53 Å². The lowest BCUT2D eigenvalue weighted by Crippen LogP contribution is -2.15. The van der Waals surface area contributed by atoms with E-state index in [2.05, 4.69) is 13.8 Å². The molecule has 1 aromatic carbocycles. The molecule has 2 rings (SSSR count). The Balaban J connectivity index is 1.87. The Morgan fingerprint density at radius 3 is 2.57 bits per heavy atom. The molecule has 0 bridgehead atoms. The second kappa shape index (κ2) is 7.21. The zero-order valence-electron chi connectivity index (χ0n) is 12.2. The third kappa shape index (κ3) is 4.51. The predicted octanol–water partition coefficient (Wildman–Crippen LogP) is 5.88. The van der Waals surface area contributed by atoms with Gasteiger partial charge < -0.3 is 4.74 Å². The topological polar surface area (TPSA) is 26.3 Å². The van der Waals surface area contributed by atoms with Gasteiger partial charge in [-0.25, -0.2) is 4.79 Å². The number of hydrogen-bond donors (Lipinski definition) is 0. The Bertz CT molecular complexity index is 526. The van der Waals surface area contributed by atoms with E-state index in [1.807, 2.05) is 0 Å². The summed E-state index contributed by atoms with van der Waals surface area (Å²) >= 11 is 17.8. The number of rotatable bonds is 6. The summed E-state index contributed by atoms with van der Waals surface area (Å²) in [5.41, 5.74) is 0.220. The first-order valence-corrected chi connectivity index (χ1v) is 8.35. The Kier molecular flexibility index (Phi) is 5.81. The molecule has 2 nitrogen and oxygen atoms in total. The second-order valence-electron chi connectivity index (χ2n) is 5.85. The van der Waals surface area contributed by atoms with Crippen LogP contribution in [0.1, 0.15) is 43.5 Å². The van der Waals surface area contributed by atoms with Crippen LogP contribution >= 0.6 is 34.8 Å². The summed E-state index contributed by atoms with van der Waals surface area (Å²) in [5, 5.41) is 0.810. The molecule has 0 N–H and O–H groups in total. The van der Waals surface area contributed by atoms with Gasteiger partial charge in [-0.2, -0.15) is 0 Å². The maximum absolute atomic E-state index is 12.0. The molecule has 2 atom stereocenters. The summed E-state index contributed by atoms with van der Waals surface area (Å²) in [7, 11) is 0. The largest absolute Gasteiger partial charge is 0.462 e. The van der Waals surface area contributed by atoms with E-state index in [0.717, 1.165) is 12.3 Å². The van der Waals surface area contributed by atoms with Crippen LogP contribution in [0.15, 0.2) is 12.1 Å². The van der Waals surface area contributed by atoms with E-state index in [1.165, 1.54) is 25.0 Å². The average Bonchev–Trinajstić information content (AvgIpc) is 3.26. The van der Waals surface area contributed by atoms with Crippen molar-refractivity contribution in [2.45, 2.75) is 33.1 Å². The standard InChI is InChI=1S/C16H19Cl3O2/c1-9(10(2)11-3-4-11)5-6-21-16(20)13-7-12(17)8-14(18)15(13)19/h7-11H,3-6H2,1-2H3. The van der Waals surface area contributed by atoms with Gasteiger partial charge in [0.25, 0.3) is 0 Å². The predicted molar refractivity (Wildman–Crippen MR) is 87.4 cm³/mol. The fraction of sp³-hybridized carbons (Fsp3) is 0.562. The molecule has 0 saturated heterocycles. The minimum Gasteiger partial charge on any atom is -0.462 e. The van der Waals surface area contributed by atoms with Crippen LogP contribution in [0.25, 0.3) is 0 Å². The SMILES string of the molecule is CC(CCOC(=O)c1cc(Cl)cc(Cl)c1Cl)C(C)C1CC1. The van der Waals surface area contributed by atoms with Gasteiger partial charge in [-0.05, 0) is 49.1 Å². The van der Waals surface area contributed by atoms with Gasteiger partial charge in [-0.15, -0.1) is 0 Å². The first-order valence-electron chi connectivity index (χ1n) is 7.21. The monoisotopic (exact) mass is 348 g/mol. The Hall–Kier alpha value is -0.440. The summed E-state index contributed by atoms with van der Waals surface area (Å²) in [6, 6.07) is 2.98. The molecule has 5 heteroatoms. The van der Waals surface area contributed by atoms with Gasteiger partial charge in [0.2, 0.25) is 0 Å². The van der Waals surface area contributed by atoms with Crippen LogP contribution in [-0.4, -0.2) is 12.6 Å². The second-order valence-corrected chi connectivity index (χ2v) is 7.07. The van der Waals surface area contributed by atoms with Crippen molar-refractivity contribution in [2.75, 3.05) is 6.61 Å². The van der Waals surface area contributed by atoms with E-state index >= 15 is 0 Å². The van der Waals surface area contributed by atoms with Crippen molar-refractivity contribution in [1.29, 1.82) is 0 Å². The molecule has 0 amide bonds. The van der Waals surface area contributed by atoms with Crippen molar-refractivity contribution in [3.05, 3.63) is 32.8 Å². The molecule has 1 saturated carbocycles. The molecule has 1 aliphatic rings. The van der Waals surface area contributed by atoms with Crippen molar-refractivity contribution in [2.24, 2.45) is 17.8 Å². The van der Waals surface area contributed by atoms with Crippen LogP contribution in [0.3, 0.4) is 0 Å². The number of halogens is 3. The molecular formula is C16H19Cl3O2. The van der Waals surface area contributed by atoms with E-state index < -0.39 is 5.97 Å². The molecule has 0 spiro atoms. The molecule has 0 aromatic heterocycles. The summed E-state index contributed by atoms with van der Waals surface area (Å²) in [6.07, 6.45) is 3.53. The molecule has 1 aliphatic carbocycles. The molecule has 1 aromatic rings. The average molecular weight is 350 g/mol. The Morgan fingerprint density at radius 1 is 1.29 bits per heavy atom. The molecule has 116 valence electrons. The molecule has 0 radical (unpaired) electrons. The minimum absolute atomic E-state index is 0.186. The lowest BCUT2D eigenvalue weighted by atomic mass is 9.89. The van der Waals surface area contributed by atoms with Crippen molar-refractivity contribution in [3.8, 4) is 0 Å². The van der Waals surface area contributed by atoms with Crippen LogP contribution in [-0.2, 0) is 4.74 Å². The summed E-state index contributed by atoms with van der Waals surface area (Å²) < 4.78 is 5.30. The normalized spacial score (nSPS) is 17.4. The molecule has 0 heterocycles. The fourth-order valence-electron chi connectivity index (χ4n) is 2.47. The highest BCUT2D eigenvalue weighted by molar-refractivity contribution is 6.45. The quantitative estimate of drug-likeness (QED) is 0.474.